The summed E-state index contributed by atoms with van der Waals surface area (Å²) in [5.74, 6) is 0.0161. The second kappa shape index (κ2) is 7.44. The van der Waals surface area contributed by atoms with Crippen molar-refractivity contribution in [1.29, 1.82) is 0 Å². The van der Waals surface area contributed by atoms with Crippen molar-refractivity contribution in [2.24, 2.45) is 5.92 Å². The molecule has 0 spiro atoms. The van der Waals surface area contributed by atoms with Crippen LogP contribution in [0.5, 0.6) is 0 Å². The highest BCUT2D eigenvalue weighted by Crippen LogP contribution is 2.25. The molecule has 112 valence electrons. The van der Waals surface area contributed by atoms with E-state index in [4.69, 9.17) is 0 Å². The first-order chi connectivity index (χ1) is 9.34. The first-order valence-corrected chi connectivity index (χ1v) is 7.38. The summed E-state index contributed by atoms with van der Waals surface area (Å²) in [6.07, 6.45) is -0.229. The van der Waals surface area contributed by atoms with Crippen molar-refractivity contribution in [2.45, 2.75) is 59.2 Å². The van der Waals surface area contributed by atoms with E-state index in [1.54, 1.807) is 0 Å². The Morgan fingerprint density at radius 1 is 1.05 bits per heavy atom. The maximum absolute atomic E-state index is 12.4. The van der Waals surface area contributed by atoms with Crippen molar-refractivity contribution in [1.82, 2.24) is 4.90 Å². The molecule has 0 aliphatic carbocycles. The number of benzene rings is 1. The van der Waals surface area contributed by atoms with Crippen molar-refractivity contribution in [2.75, 3.05) is 0 Å². The maximum Gasteiger partial charge on any atom is 0.223 e. The predicted octanol–water partition coefficient (Wildman–Crippen LogP) is 3.39. The number of hydrogen-bond acceptors (Lipinski definition) is 2. The Balaban J connectivity index is 2.70. The van der Waals surface area contributed by atoms with E-state index < -0.39 is 6.10 Å². The molecule has 0 saturated heterocycles. The van der Waals surface area contributed by atoms with Gasteiger partial charge in [-0.05, 0) is 39.2 Å². The Bertz CT molecular complexity index is 406. The number of nitrogens with zero attached hydrogens (tertiary/aromatic N) is 1. The molecule has 1 aromatic carbocycles. The standard InChI is InChI=1S/C17H27NO2/c1-12(2)18(13(3)4)16(19)11-14(5)17(20)15-9-7-6-8-10-15/h6-10,12-14,17,20H,11H2,1-5H3/t14-,17+/m1/s1. The minimum absolute atomic E-state index is 0.0927. The quantitative estimate of drug-likeness (QED) is 0.866. The minimum atomic E-state index is -0.596. The van der Waals surface area contributed by atoms with Gasteiger partial charge in [-0.15, -0.1) is 0 Å². The average Bonchev–Trinajstić information content (AvgIpc) is 2.37. The highest BCUT2D eigenvalue weighted by atomic mass is 16.3. The molecular weight excluding hydrogens is 250 g/mol. The summed E-state index contributed by atoms with van der Waals surface area (Å²) in [5.41, 5.74) is 0.869. The number of hydrogen-bond donors (Lipinski definition) is 1. The molecule has 20 heavy (non-hydrogen) atoms. The lowest BCUT2D eigenvalue weighted by Gasteiger charge is -2.32. The fourth-order valence-electron chi connectivity index (χ4n) is 2.64. The van der Waals surface area contributed by atoms with Crippen LogP contribution in [0.15, 0.2) is 30.3 Å². The van der Waals surface area contributed by atoms with Gasteiger partial charge in [0, 0.05) is 18.5 Å². The number of rotatable bonds is 6. The summed E-state index contributed by atoms with van der Waals surface area (Å²) in [7, 11) is 0. The summed E-state index contributed by atoms with van der Waals surface area (Å²) in [4.78, 5) is 14.3. The van der Waals surface area contributed by atoms with E-state index in [9.17, 15) is 9.90 Å². The first-order valence-electron chi connectivity index (χ1n) is 7.38. The smallest absolute Gasteiger partial charge is 0.223 e. The molecule has 0 bridgehead atoms. The van der Waals surface area contributed by atoms with E-state index in [0.717, 1.165) is 5.56 Å². The molecule has 2 atom stereocenters. The van der Waals surface area contributed by atoms with Gasteiger partial charge in [0.15, 0.2) is 0 Å². The van der Waals surface area contributed by atoms with Crippen LogP contribution in [0.25, 0.3) is 0 Å². The van der Waals surface area contributed by atoms with Gasteiger partial charge in [0.2, 0.25) is 5.91 Å². The third-order valence-electron chi connectivity index (χ3n) is 3.58. The molecule has 1 amide bonds. The molecular formula is C17H27NO2. The van der Waals surface area contributed by atoms with Gasteiger partial charge in [-0.3, -0.25) is 4.79 Å². The van der Waals surface area contributed by atoms with Gasteiger partial charge >= 0.3 is 0 Å². The zero-order valence-electron chi connectivity index (χ0n) is 13.2. The average molecular weight is 277 g/mol. The zero-order valence-corrected chi connectivity index (χ0v) is 13.2. The van der Waals surface area contributed by atoms with Gasteiger partial charge in [-0.25, -0.2) is 0 Å². The number of carbonyl (C=O) groups excluding carboxylic acids is 1. The van der Waals surface area contributed by atoms with Crippen molar-refractivity contribution < 1.29 is 9.90 Å². The van der Waals surface area contributed by atoms with E-state index in [0.29, 0.717) is 6.42 Å². The SMILES string of the molecule is CC(C)N(C(=O)C[C@@H](C)[C@H](O)c1ccccc1)C(C)C. The van der Waals surface area contributed by atoms with Crippen molar-refractivity contribution >= 4 is 5.91 Å². The second-order valence-electron chi connectivity index (χ2n) is 6.03. The molecule has 0 heterocycles. The molecule has 0 unspecified atom stereocenters. The number of carbonyl (C=O) groups is 1. The Hall–Kier alpha value is -1.35. The fraction of sp³-hybridized carbons (Fsp3) is 0.588. The van der Waals surface area contributed by atoms with E-state index in [-0.39, 0.29) is 23.9 Å². The van der Waals surface area contributed by atoms with Gasteiger partial charge in [0.1, 0.15) is 0 Å². The van der Waals surface area contributed by atoms with Crippen LogP contribution in [0.3, 0.4) is 0 Å². The molecule has 3 nitrogen and oxygen atoms in total. The highest BCUT2D eigenvalue weighted by Gasteiger charge is 2.25. The van der Waals surface area contributed by atoms with Gasteiger partial charge < -0.3 is 10.0 Å². The van der Waals surface area contributed by atoms with E-state index in [1.807, 2.05) is 69.9 Å². The minimum Gasteiger partial charge on any atom is -0.388 e. The first kappa shape index (κ1) is 16.7. The summed E-state index contributed by atoms with van der Waals surface area (Å²) >= 11 is 0. The normalized spacial score (nSPS) is 14.4. The molecule has 0 aliphatic rings. The molecule has 0 aromatic heterocycles. The lowest BCUT2D eigenvalue weighted by atomic mass is 9.94. The lowest BCUT2D eigenvalue weighted by molar-refractivity contribution is -0.136. The van der Waals surface area contributed by atoms with Crippen LogP contribution < -0.4 is 0 Å². The highest BCUT2D eigenvalue weighted by molar-refractivity contribution is 5.77. The largest absolute Gasteiger partial charge is 0.388 e. The molecule has 0 radical (unpaired) electrons. The predicted molar refractivity (Wildman–Crippen MR) is 82.3 cm³/mol. The summed E-state index contributed by atoms with van der Waals surface area (Å²) in [6.45, 7) is 10.0. The molecule has 0 fully saturated rings. The van der Waals surface area contributed by atoms with Crippen LogP contribution in [0.4, 0.5) is 0 Å². The van der Waals surface area contributed by atoms with Crippen LogP contribution in [0.1, 0.15) is 52.7 Å². The number of aliphatic hydroxyl groups is 1. The molecule has 0 aliphatic heterocycles. The molecule has 3 heteroatoms. The van der Waals surface area contributed by atoms with Crippen LogP contribution in [0.2, 0.25) is 0 Å². The zero-order chi connectivity index (χ0) is 15.3. The van der Waals surface area contributed by atoms with Gasteiger partial charge in [-0.2, -0.15) is 0 Å². The molecule has 1 N–H and O–H groups in total. The van der Waals surface area contributed by atoms with E-state index >= 15 is 0 Å². The maximum atomic E-state index is 12.4. The molecule has 0 saturated carbocycles. The Morgan fingerprint density at radius 3 is 2.00 bits per heavy atom. The van der Waals surface area contributed by atoms with E-state index in [1.165, 1.54) is 0 Å². The number of amides is 1. The van der Waals surface area contributed by atoms with Crippen molar-refractivity contribution in [3.8, 4) is 0 Å². The van der Waals surface area contributed by atoms with Crippen molar-refractivity contribution in [3.63, 3.8) is 0 Å². The third-order valence-corrected chi connectivity index (χ3v) is 3.58. The monoisotopic (exact) mass is 277 g/mol. The van der Waals surface area contributed by atoms with Crippen LogP contribution in [0, 0.1) is 5.92 Å². The summed E-state index contributed by atoms with van der Waals surface area (Å²) in [6, 6.07) is 9.89. The second-order valence-corrected chi connectivity index (χ2v) is 6.03. The molecule has 1 rings (SSSR count). The van der Waals surface area contributed by atoms with Gasteiger partial charge in [-0.1, -0.05) is 37.3 Å². The molecule has 1 aromatic rings. The Labute approximate surface area is 122 Å². The summed E-state index contributed by atoms with van der Waals surface area (Å²) < 4.78 is 0. The number of aliphatic hydroxyl groups excluding tert-OH is 1. The van der Waals surface area contributed by atoms with Gasteiger partial charge in [0.25, 0.3) is 0 Å². The fourth-order valence-corrected chi connectivity index (χ4v) is 2.64. The summed E-state index contributed by atoms with van der Waals surface area (Å²) in [5, 5.41) is 10.3. The van der Waals surface area contributed by atoms with Gasteiger partial charge in [0.05, 0.1) is 6.10 Å². The van der Waals surface area contributed by atoms with Crippen LogP contribution >= 0.6 is 0 Å². The lowest BCUT2D eigenvalue weighted by Crippen LogP contribution is -2.42. The van der Waals surface area contributed by atoms with Crippen LogP contribution in [-0.2, 0) is 4.79 Å². The third kappa shape index (κ3) is 4.34. The van der Waals surface area contributed by atoms with Crippen LogP contribution in [-0.4, -0.2) is 28.0 Å². The topological polar surface area (TPSA) is 40.5 Å². The Kier molecular flexibility index (Phi) is 6.21. The van der Waals surface area contributed by atoms with Crippen molar-refractivity contribution in [3.05, 3.63) is 35.9 Å². The van der Waals surface area contributed by atoms with E-state index in [2.05, 4.69) is 0 Å². The Morgan fingerprint density at radius 2 is 1.55 bits per heavy atom.